The Kier molecular flexibility index (Phi) is 3.97. The van der Waals surface area contributed by atoms with Gasteiger partial charge in [-0.1, -0.05) is 30.4 Å². The van der Waals surface area contributed by atoms with Crippen molar-refractivity contribution in [2.45, 2.75) is 13.3 Å². The Morgan fingerprint density at radius 1 is 1.15 bits per heavy atom. The van der Waals surface area contributed by atoms with Crippen LogP contribution in [0.2, 0.25) is 0 Å². The van der Waals surface area contributed by atoms with Gasteiger partial charge in [0.1, 0.15) is 0 Å². The van der Waals surface area contributed by atoms with Gasteiger partial charge in [-0.3, -0.25) is 10.1 Å². The van der Waals surface area contributed by atoms with Crippen LogP contribution in [0.1, 0.15) is 12.1 Å². The molecule has 1 aliphatic carbocycles. The number of hydrogen-bond donors (Lipinski definition) is 2. The third-order valence-corrected chi connectivity index (χ3v) is 4.42. The Hall–Kier alpha value is -3.47. The molecule has 0 amide bonds. The van der Waals surface area contributed by atoms with E-state index in [9.17, 15) is 9.90 Å². The van der Waals surface area contributed by atoms with Gasteiger partial charge in [-0.05, 0) is 53.6 Å². The second kappa shape index (κ2) is 6.44. The largest absolute Gasteiger partial charge is 0.478 e. The summed E-state index contributed by atoms with van der Waals surface area (Å²) in [7, 11) is 0. The highest BCUT2D eigenvalue weighted by molar-refractivity contribution is 5.96. The predicted octanol–water partition coefficient (Wildman–Crippen LogP) is 2.42. The number of nitrogens with one attached hydrogen (secondary N) is 1. The zero-order valence-corrected chi connectivity index (χ0v) is 14.2. The number of nitrogens with zero attached hydrogens (tertiary/aromatic N) is 2. The number of carbonyl (C=O) groups is 1. The summed E-state index contributed by atoms with van der Waals surface area (Å²) in [6.07, 6.45) is 7.85. The molecule has 2 heterocycles. The number of fused-ring (bicyclic) bond motifs is 1. The van der Waals surface area contributed by atoms with Crippen LogP contribution in [0.3, 0.4) is 0 Å². The minimum absolute atomic E-state index is 0.310. The fourth-order valence-corrected chi connectivity index (χ4v) is 3.12. The summed E-state index contributed by atoms with van der Waals surface area (Å²) >= 11 is 0. The van der Waals surface area contributed by atoms with Gasteiger partial charge in [0, 0.05) is 11.3 Å². The summed E-state index contributed by atoms with van der Waals surface area (Å²) in [5.41, 5.74) is 4.82. The van der Waals surface area contributed by atoms with Crippen molar-refractivity contribution in [2.75, 3.05) is 0 Å². The number of H-pyrrole nitrogens is 1. The van der Waals surface area contributed by atoms with E-state index in [2.05, 4.69) is 15.2 Å². The lowest BCUT2D eigenvalue weighted by atomic mass is 10.0. The number of allylic oxidation sites excluding steroid dienone is 1. The van der Waals surface area contributed by atoms with Crippen LogP contribution in [0.4, 0.5) is 0 Å². The maximum absolute atomic E-state index is 11.4. The van der Waals surface area contributed by atoms with Crippen molar-refractivity contribution in [3.8, 4) is 22.5 Å². The number of pyridine rings is 1. The van der Waals surface area contributed by atoms with E-state index in [-0.39, 0.29) is 0 Å². The van der Waals surface area contributed by atoms with Crippen molar-refractivity contribution in [2.24, 2.45) is 0 Å². The number of carboxylic acid groups (broad SMARTS) is 1. The van der Waals surface area contributed by atoms with Crippen LogP contribution in [-0.4, -0.2) is 26.3 Å². The summed E-state index contributed by atoms with van der Waals surface area (Å²) in [6, 6.07) is 11.9. The lowest BCUT2D eigenvalue weighted by Gasteiger charge is -2.05. The predicted molar refractivity (Wildman–Crippen MR) is 101 cm³/mol. The number of aromatic amines is 1. The molecule has 0 fully saturated rings. The first kappa shape index (κ1) is 16.0. The number of rotatable bonds is 3. The van der Waals surface area contributed by atoms with Crippen LogP contribution < -0.4 is 10.4 Å². The summed E-state index contributed by atoms with van der Waals surface area (Å²) in [4.78, 5) is 15.9. The van der Waals surface area contributed by atoms with Gasteiger partial charge >= 0.3 is 5.97 Å². The lowest BCUT2D eigenvalue weighted by molar-refractivity contribution is -0.132. The fourth-order valence-electron chi connectivity index (χ4n) is 3.12. The molecule has 1 aromatic carbocycles. The first-order valence-corrected chi connectivity index (χ1v) is 8.35. The van der Waals surface area contributed by atoms with Gasteiger partial charge < -0.3 is 5.11 Å². The Balaban J connectivity index is 1.86. The number of carboxylic acids is 1. The van der Waals surface area contributed by atoms with E-state index in [0.717, 1.165) is 38.6 Å². The van der Waals surface area contributed by atoms with E-state index in [1.165, 1.54) is 0 Å². The highest BCUT2D eigenvalue weighted by Gasteiger charge is 2.12. The molecule has 5 heteroatoms. The Labute approximate surface area is 150 Å². The van der Waals surface area contributed by atoms with E-state index in [1.807, 2.05) is 49.4 Å². The van der Waals surface area contributed by atoms with Gasteiger partial charge in [0.25, 0.3) is 0 Å². The van der Waals surface area contributed by atoms with Crippen LogP contribution in [0.5, 0.6) is 0 Å². The van der Waals surface area contributed by atoms with Crippen molar-refractivity contribution in [3.63, 3.8) is 0 Å². The topological polar surface area (TPSA) is 78.9 Å². The van der Waals surface area contributed by atoms with E-state index >= 15 is 0 Å². The molecule has 0 radical (unpaired) electrons. The summed E-state index contributed by atoms with van der Waals surface area (Å²) in [5.74, 6) is -0.912. The molecular formula is C21H17N3O2. The molecule has 4 rings (SSSR count). The smallest absolute Gasteiger partial charge is 0.335 e. The molecule has 0 aliphatic heterocycles. The molecular weight excluding hydrogens is 326 g/mol. The zero-order valence-electron chi connectivity index (χ0n) is 14.2. The van der Waals surface area contributed by atoms with Crippen molar-refractivity contribution < 1.29 is 9.90 Å². The van der Waals surface area contributed by atoms with E-state index in [1.54, 1.807) is 18.3 Å². The number of aliphatic carboxylic acids is 1. The molecule has 0 spiro atoms. The molecule has 5 nitrogen and oxygen atoms in total. The van der Waals surface area contributed by atoms with Crippen LogP contribution in [-0.2, 0) is 4.79 Å². The average molecular weight is 343 g/mol. The number of benzene rings is 1. The van der Waals surface area contributed by atoms with Crippen molar-refractivity contribution in [1.82, 2.24) is 15.2 Å². The number of aryl methyl sites for hydroxylation is 1. The maximum Gasteiger partial charge on any atom is 0.335 e. The van der Waals surface area contributed by atoms with Gasteiger partial charge in [0.05, 0.1) is 23.2 Å². The molecule has 0 saturated heterocycles. The van der Waals surface area contributed by atoms with Gasteiger partial charge in [0.2, 0.25) is 0 Å². The lowest BCUT2D eigenvalue weighted by Crippen LogP contribution is -2.24. The van der Waals surface area contributed by atoms with Crippen molar-refractivity contribution in [3.05, 3.63) is 70.4 Å². The van der Waals surface area contributed by atoms with Crippen LogP contribution in [0.25, 0.3) is 34.7 Å². The first-order valence-electron chi connectivity index (χ1n) is 8.35. The van der Waals surface area contributed by atoms with Crippen molar-refractivity contribution >= 4 is 18.1 Å². The normalized spacial score (nSPS) is 13.0. The van der Waals surface area contributed by atoms with Gasteiger partial charge in [0.15, 0.2) is 0 Å². The zero-order chi connectivity index (χ0) is 18.1. The quantitative estimate of drug-likeness (QED) is 0.765. The standard InChI is InChI=1S/C21H17N3O2/c1-13-4-2-7-19(23-13)20-18(12-22-24-20)15-9-8-14-5-3-6-16(21(25)26)11-17(14)10-15/h2,4-12H,3H2,1H3,(H,22,24)(H,25,26). The molecule has 128 valence electrons. The minimum Gasteiger partial charge on any atom is -0.478 e. The highest BCUT2D eigenvalue weighted by Crippen LogP contribution is 2.28. The van der Waals surface area contributed by atoms with Crippen LogP contribution in [0.15, 0.2) is 54.2 Å². The number of aromatic nitrogens is 3. The SMILES string of the molecule is Cc1cccc(-c2[nH]ncc2-c2ccc3c(c2)=CC(C(=O)O)=CCC=3)n1. The van der Waals surface area contributed by atoms with Gasteiger partial charge in [-0.25, -0.2) is 4.79 Å². The van der Waals surface area contributed by atoms with Crippen molar-refractivity contribution in [1.29, 1.82) is 0 Å². The third kappa shape index (κ3) is 2.95. The summed E-state index contributed by atoms with van der Waals surface area (Å²) in [5, 5.41) is 18.5. The fraction of sp³-hybridized carbons (Fsp3) is 0.0952. The van der Waals surface area contributed by atoms with E-state index in [0.29, 0.717) is 12.0 Å². The number of hydrogen-bond acceptors (Lipinski definition) is 3. The Morgan fingerprint density at radius 3 is 2.85 bits per heavy atom. The van der Waals surface area contributed by atoms with E-state index < -0.39 is 5.97 Å². The molecule has 0 unspecified atom stereocenters. The molecule has 1 aliphatic rings. The monoisotopic (exact) mass is 343 g/mol. The molecule has 0 bridgehead atoms. The first-order chi connectivity index (χ1) is 12.6. The molecule has 2 aromatic heterocycles. The maximum atomic E-state index is 11.4. The molecule has 3 aromatic rings. The summed E-state index contributed by atoms with van der Waals surface area (Å²) < 4.78 is 0. The summed E-state index contributed by atoms with van der Waals surface area (Å²) in [6.45, 7) is 1.95. The second-order valence-electron chi connectivity index (χ2n) is 6.22. The van der Waals surface area contributed by atoms with Crippen LogP contribution >= 0.6 is 0 Å². The minimum atomic E-state index is -0.912. The van der Waals surface area contributed by atoms with Crippen LogP contribution in [0, 0.1) is 6.92 Å². The van der Waals surface area contributed by atoms with E-state index in [4.69, 9.17) is 0 Å². The Morgan fingerprint density at radius 2 is 2.04 bits per heavy atom. The Bertz CT molecular complexity index is 1160. The third-order valence-electron chi connectivity index (χ3n) is 4.42. The molecule has 0 atom stereocenters. The molecule has 2 N–H and O–H groups in total. The van der Waals surface area contributed by atoms with Gasteiger partial charge in [-0.15, -0.1) is 0 Å². The second-order valence-corrected chi connectivity index (χ2v) is 6.22. The molecule has 26 heavy (non-hydrogen) atoms. The van der Waals surface area contributed by atoms with Gasteiger partial charge in [-0.2, -0.15) is 5.10 Å². The average Bonchev–Trinajstić information content (AvgIpc) is 3.01. The molecule has 0 saturated carbocycles. The highest BCUT2D eigenvalue weighted by atomic mass is 16.4.